The summed E-state index contributed by atoms with van der Waals surface area (Å²) in [7, 11) is 0. The molecule has 0 saturated carbocycles. The van der Waals surface area contributed by atoms with Crippen LogP contribution in [0, 0.1) is 0 Å². The first-order valence-corrected chi connectivity index (χ1v) is 9.80. The van der Waals surface area contributed by atoms with E-state index in [9.17, 15) is 9.59 Å². The minimum absolute atomic E-state index is 0.000323. The van der Waals surface area contributed by atoms with Crippen LogP contribution in [-0.2, 0) is 9.59 Å². The van der Waals surface area contributed by atoms with Crippen LogP contribution in [0.15, 0.2) is 78.2 Å². The van der Waals surface area contributed by atoms with E-state index in [1.54, 1.807) is 6.92 Å². The number of hydrogen-bond donors (Lipinski definition) is 0. The fourth-order valence-electron chi connectivity index (χ4n) is 2.03. The van der Waals surface area contributed by atoms with E-state index in [4.69, 9.17) is 4.74 Å². The van der Waals surface area contributed by atoms with Gasteiger partial charge in [-0.25, -0.2) is 0 Å². The molecule has 2 aromatic rings. The summed E-state index contributed by atoms with van der Waals surface area (Å²) in [4.78, 5) is 23.7. The van der Waals surface area contributed by atoms with Crippen molar-refractivity contribution in [3.63, 3.8) is 0 Å². The zero-order valence-corrected chi connectivity index (χ0v) is 16.2. The molecule has 26 heavy (non-hydrogen) atoms. The number of thioether (sulfide) groups is 2. The zero-order valence-electron chi connectivity index (χ0n) is 14.6. The molecule has 0 spiro atoms. The molecule has 0 N–H and O–H groups in total. The molecule has 0 amide bonds. The van der Waals surface area contributed by atoms with Crippen LogP contribution in [0.5, 0.6) is 5.75 Å². The Kier molecular flexibility index (Phi) is 7.75. The maximum Gasteiger partial charge on any atom is 0.216 e. The number of benzene rings is 2. The first-order valence-electron chi connectivity index (χ1n) is 8.00. The highest BCUT2D eigenvalue weighted by Crippen LogP contribution is 2.26. The Bertz CT molecular complexity index is 793. The predicted molar refractivity (Wildman–Crippen MR) is 111 cm³/mol. The van der Waals surface area contributed by atoms with E-state index in [0.717, 1.165) is 33.5 Å². The first kappa shape index (κ1) is 20.1. The molecular weight excluding hydrogens is 364 g/mol. The summed E-state index contributed by atoms with van der Waals surface area (Å²) in [5.41, 5.74) is 2.68. The highest BCUT2D eigenvalue weighted by molar-refractivity contribution is 8.14. The summed E-state index contributed by atoms with van der Waals surface area (Å²) in [6.07, 6.45) is 1.31. The molecule has 0 aliphatic rings. The lowest BCUT2D eigenvalue weighted by molar-refractivity contribution is -0.108. The molecule has 5 heteroatoms. The minimum Gasteiger partial charge on any atom is -0.493 e. The van der Waals surface area contributed by atoms with Crippen LogP contribution in [-0.4, -0.2) is 22.6 Å². The van der Waals surface area contributed by atoms with Crippen LogP contribution in [0.2, 0.25) is 0 Å². The van der Waals surface area contributed by atoms with E-state index >= 15 is 0 Å². The number of ether oxygens (including phenoxy) is 1. The molecule has 0 radical (unpaired) electrons. The van der Waals surface area contributed by atoms with Crippen LogP contribution in [0.3, 0.4) is 0 Å². The van der Waals surface area contributed by atoms with E-state index in [1.807, 2.05) is 48.5 Å². The van der Waals surface area contributed by atoms with Crippen molar-refractivity contribution < 1.29 is 14.3 Å². The summed E-state index contributed by atoms with van der Waals surface area (Å²) >= 11 is 2.37. The Hall–Kier alpha value is -2.24. The average Bonchev–Trinajstić information content (AvgIpc) is 2.66. The van der Waals surface area contributed by atoms with Crippen molar-refractivity contribution in [2.45, 2.75) is 11.8 Å². The van der Waals surface area contributed by atoms with Gasteiger partial charge in [-0.2, -0.15) is 0 Å². The van der Waals surface area contributed by atoms with Gasteiger partial charge in [0.15, 0.2) is 0 Å². The van der Waals surface area contributed by atoms with Gasteiger partial charge in [0.1, 0.15) is 5.75 Å². The van der Waals surface area contributed by atoms with Crippen LogP contribution in [0.1, 0.15) is 6.92 Å². The summed E-state index contributed by atoms with van der Waals surface area (Å²) in [6, 6.07) is 15.6. The van der Waals surface area contributed by atoms with Crippen LogP contribution in [0.4, 0.5) is 0 Å². The third kappa shape index (κ3) is 6.24. The second-order valence-corrected chi connectivity index (χ2v) is 7.58. The van der Waals surface area contributed by atoms with Crippen molar-refractivity contribution in [1.29, 1.82) is 0 Å². The Balaban J connectivity index is 1.88. The summed E-state index contributed by atoms with van der Waals surface area (Å²) < 4.78 is 5.65. The molecule has 0 aliphatic heterocycles. The molecule has 0 atom stereocenters. The van der Waals surface area contributed by atoms with Crippen LogP contribution < -0.4 is 4.74 Å². The van der Waals surface area contributed by atoms with Gasteiger partial charge in [-0.3, -0.25) is 9.59 Å². The topological polar surface area (TPSA) is 43.4 Å². The van der Waals surface area contributed by atoms with Crippen LogP contribution >= 0.6 is 23.5 Å². The van der Waals surface area contributed by atoms with Gasteiger partial charge in [0.05, 0.1) is 6.61 Å². The van der Waals surface area contributed by atoms with E-state index < -0.39 is 0 Å². The summed E-state index contributed by atoms with van der Waals surface area (Å²) in [5.74, 6) is 1.36. The Morgan fingerprint density at radius 3 is 2.15 bits per heavy atom. The highest BCUT2D eigenvalue weighted by Gasteiger charge is 2.04. The SMILES string of the molecule is C=CC(=O)Sc1ccc(-c2ccc(OCCSC(=O)C(=C)C)cc2)cc1. The third-order valence-electron chi connectivity index (χ3n) is 3.36. The lowest BCUT2D eigenvalue weighted by Gasteiger charge is -2.08. The Morgan fingerprint density at radius 2 is 1.62 bits per heavy atom. The van der Waals surface area contributed by atoms with Crippen molar-refractivity contribution >= 4 is 33.8 Å². The van der Waals surface area contributed by atoms with Gasteiger partial charge in [0.2, 0.25) is 10.2 Å². The molecule has 3 nitrogen and oxygen atoms in total. The van der Waals surface area contributed by atoms with Crippen molar-refractivity contribution in [3.8, 4) is 16.9 Å². The molecule has 0 fully saturated rings. The fraction of sp³-hybridized carbons (Fsp3) is 0.143. The minimum atomic E-state index is -0.0673. The molecule has 0 aliphatic carbocycles. The standard InChI is InChI=1S/C21H20O3S2/c1-4-20(22)26-19-11-7-17(8-12-19)16-5-9-18(10-6-16)24-13-14-25-21(23)15(2)3/h4-12H,1-2,13-14H2,3H3. The van der Waals surface area contributed by atoms with E-state index in [1.165, 1.54) is 17.8 Å². The number of hydrogen-bond acceptors (Lipinski definition) is 5. The van der Waals surface area contributed by atoms with Crippen LogP contribution in [0.25, 0.3) is 11.1 Å². The summed E-state index contributed by atoms with van der Waals surface area (Å²) in [6.45, 7) is 9.26. The van der Waals surface area contributed by atoms with Gasteiger partial charge >= 0.3 is 0 Å². The Morgan fingerprint density at radius 1 is 1.04 bits per heavy atom. The fourth-order valence-corrected chi connectivity index (χ4v) is 3.22. The number of rotatable bonds is 8. The molecule has 0 bridgehead atoms. The third-order valence-corrected chi connectivity index (χ3v) is 5.22. The second-order valence-electron chi connectivity index (χ2n) is 5.44. The zero-order chi connectivity index (χ0) is 18.9. The molecule has 2 rings (SSSR count). The molecule has 0 saturated heterocycles. The smallest absolute Gasteiger partial charge is 0.216 e. The first-order chi connectivity index (χ1) is 12.5. The van der Waals surface area contributed by atoms with Crippen molar-refractivity contribution in [2.24, 2.45) is 0 Å². The largest absolute Gasteiger partial charge is 0.493 e. The molecule has 2 aromatic carbocycles. The quantitative estimate of drug-likeness (QED) is 0.348. The van der Waals surface area contributed by atoms with Gasteiger partial charge < -0.3 is 4.74 Å². The molecule has 0 unspecified atom stereocenters. The van der Waals surface area contributed by atoms with Gasteiger partial charge in [-0.15, -0.1) is 0 Å². The lowest BCUT2D eigenvalue weighted by atomic mass is 10.1. The molecule has 134 valence electrons. The van der Waals surface area contributed by atoms with Crippen molar-refractivity contribution in [3.05, 3.63) is 73.3 Å². The predicted octanol–water partition coefficient (Wildman–Crippen LogP) is 5.37. The number of carbonyl (C=O) groups is 2. The Labute approximate surface area is 162 Å². The molecular formula is C21H20O3S2. The van der Waals surface area contributed by atoms with Crippen molar-refractivity contribution in [2.75, 3.05) is 12.4 Å². The maximum absolute atomic E-state index is 11.4. The lowest BCUT2D eigenvalue weighted by Crippen LogP contribution is -2.03. The molecule has 0 heterocycles. The average molecular weight is 385 g/mol. The van der Waals surface area contributed by atoms with E-state index in [-0.39, 0.29) is 10.2 Å². The number of carbonyl (C=O) groups excluding carboxylic acids is 2. The second kappa shape index (κ2) is 10.0. The summed E-state index contributed by atoms with van der Waals surface area (Å²) in [5, 5.41) is -0.0669. The van der Waals surface area contributed by atoms with E-state index in [2.05, 4.69) is 13.2 Å². The van der Waals surface area contributed by atoms with Crippen molar-refractivity contribution in [1.82, 2.24) is 0 Å². The normalized spacial score (nSPS) is 10.2. The monoisotopic (exact) mass is 384 g/mol. The van der Waals surface area contributed by atoms with Gasteiger partial charge in [-0.05, 0) is 65.7 Å². The molecule has 0 aromatic heterocycles. The van der Waals surface area contributed by atoms with Gasteiger partial charge in [0.25, 0.3) is 0 Å². The van der Waals surface area contributed by atoms with Gasteiger partial charge in [0, 0.05) is 10.6 Å². The van der Waals surface area contributed by atoms with E-state index in [0.29, 0.717) is 17.9 Å². The maximum atomic E-state index is 11.4. The van der Waals surface area contributed by atoms with Gasteiger partial charge in [-0.1, -0.05) is 49.2 Å². The highest BCUT2D eigenvalue weighted by atomic mass is 32.2.